The molecule has 1 spiro atoms. The van der Waals surface area contributed by atoms with Crippen LogP contribution in [0.25, 0.3) is 0 Å². The van der Waals surface area contributed by atoms with Gasteiger partial charge in [-0.15, -0.1) is 11.6 Å². The van der Waals surface area contributed by atoms with E-state index < -0.39 is 0 Å². The topological polar surface area (TPSA) is 18.5 Å². The fourth-order valence-corrected chi connectivity index (χ4v) is 4.07. The largest absolute Gasteiger partial charge is 0.379 e. The van der Waals surface area contributed by atoms with Crippen LogP contribution in [0, 0.1) is 5.41 Å². The molecule has 0 aromatic heterocycles. The molecule has 0 aromatic rings. The maximum atomic E-state index is 6.52. The zero-order valence-electron chi connectivity index (χ0n) is 12.3. The Morgan fingerprint density at radius 2 is 1.79 bits per heavy atom. The van der Waals surface area contributed by atoms with Crippen LogP contribution in [-0.4, -0.2) is 31.3 Å². The summed E-state index contributed by atoms with van der Waals surface area (Å²) in [6, 6.07) is 0. The first-order chi connectivity index (χ1) is 9.29. The summed E-state index contributed by atoms with van der Waals surface area (Å²) in [5, 5.41) is 0.344. The summed E-state index contributed by atoms with van der Waals surface area (Å²) < 4.78 is 11.6. The molecule has 2 atom stereocenters. The van der Waals surface area contributed by atoms with Gasteiger partial charge in [0.05, 0.1) is 19.3 Å². The second-order valence-corrected chi connectivity index (χ2v) is 6.70. The lowest BCUT2D eigenvalue weighted by molar-refractivity contribution is -0.125. The predicted molar refractivity (Wildman–Crippen MR) is 79.9 cm³/mol. The summed E-state index contributed by atoms with van der Waals surface area (Å²) in [7, 11) is 0. The molecular formula is C16H29ClO2. The molecule has 3 heteroatoms. The lowest BCUT2D eigenvalue weighted by atomic mass is 9.61. The minimum Gasteiger partial charge on any atom is -0.379 e. The van der Waals surface area contributed by atoms with Gasteiger partial charge in [-0.05, 0) is 25.7 Å². The van der Waals surface area contributed by atoms with Crippen molar-refractivity contribution in [3.63, 3.8) is 0 Å². The number of ether oxygens (including phenoxy) is 2. The van der Waals surface area contributed by atoms with E-state index in [9.17, 15) is 0 Å². The van der Waals surface area contributed by atoms with Crippen molar-refractivity contribution in [3.8, 4) is 0 Å². The summed E-state index contributed by atoms with van der Waals surface area (Å²) in [4.78, 5) is 0. The Hall–Kier alpha value is 0.210. The van der Waals surface area contributed by atoms with Crippen LogP contribution in [-0.2, 0) is 9.47 Å². The fourth-order valence-electron chi connectivity index (χ4n) is 3.55. The quantitative estimate of drug-likeness (QED) is 0.506. The summed E-state index contributed by atoms with van der Waals surface area (Å²) in [5.74, 6) is 0. The molecule has 2 aliphatic carbocycles. The third-order valence-electron chi connectivity index (χ3n) is 4.91. The van der Waals surface area contributed by atoms with Crippen LogP contribution in [0.1, 0.15) is 64.7 Å². The highest BCUT2D eigenvalue weighted by Gasteiger charge is 2.54. The molecule has 0 saturated heterocycles. The van der Waals surface area contributed by atoms with Crippen LogP contribution in [0.5, 0.6) is 0 Å². The summed E-state index contributed by atoms with van der Waals surface area (Å²) in [6.45, 7) is 4.53. The Bertz CT molecular complexity index is 249. The number of hydrogen-bond acceptors (Lipinski definition) is 2. The van der Waals surface area contributed by atoms with Gasteiger partial charge in [-0.2, -0.15) is 0 Å². The van der Waals surface area contributed by atoms with Crippen LogP contribution in [0.15, 0.2) is 0 Å². The number of hydrogen-bond donors (Lipinski definition) is 0. The van der Waals surface area contributed by atoms with E-state index in [2.05, 4.69) is 6.92 Å². The highest BCUT2D eigenvalue weighted by atomic mass is 35.5. The van der Waals surface area contributed by atoms with E-state index in [0.29, 0.717) is 16.9 Å². The van der Waals surface area contributed by atoms with Gasteiger partial charge >= 0.3 is 0 Å². The smallest absolute Gasteiger partial charge is 0.0704 e. The van der Waals surface area contributed by atoms with Gasteiger partial charge in [0, 0.05) is 17.4 Å². The van der Waals surface area contributed by atoms with Gasteiger partial charge in [0.2, 0.25) is 0 Å². The molecule has 0 amide bonds. The first-order valence-electron chi connectivity index (χ1n) is 8.13. The molecule has 2 saturated carbocycles. The average molecular weight is 289 g/mol. The summed E-state index contributed by atoms with van der Waals surface area (Å²) in [5.41, 5.74) is 0.293. The molecule has 2 rings (SSSR count). The zero-order chi connectivity index (χ0) is 13.6. The Balaban J connectivity index is 1.68. The molecule has 2 fully saturated rings. The summed E-state index contributed by atoms with van der Waals surface area (Å²) in [6.07, 6.45) is 11.7. The van der Waals surface area contributed by atoms with Crippen molar-refractivity contribution < 1.29 is 9.47 Å². The Morgan fingerprint density at radius 1 is 1.05 bits per heavy atom. The molecule has 0 aromatic carbocycles. The standard InChI is InChI=1S/C16H29ClO2/c1-2-3-10-18-11-12-19-15-13-14(17)16(15)8-6-4-5-7-9-16/h14-15H,2-13H2,1H3. The lowest BCUT2D eigenvalue weighted by Crippen LogP contribution is -2.55. The van der Waals surface area contributed by atoms with Crippen LogP contribution >= 0.6 is 11.6 Å². The minimum atomic E-state index is 0.293. The zero-order valence-corrected chi connectivity index (χ0v) is 13.1. The van der Waals surface area contributed by atoms with E-state index in [1.54, 1.807) is 0 Å². The molecule has 2 unspecified atom stereocenters. The van der Waals surface area contributed by atoms with E-state index >= 15 is 0 Å². The highest BCUT2D eigenvalue weighted by Crippen LogP contribution is 2.54. The Labute approximate surface area is 123 Å². The SMILES string of the molecule is CCCCOCCOC1CC(Cl)C12CCCCCC2. The van der Waals surface area contributed by atoms with Gasteiger partial charge in [0.1, 0.15) is 0 Å². The van der Waals surface area contributed by atoms with E-state index in [-0.39, 0.29) is 0 Å². The first-order valence-corrected chi connectivity index (χ1v) is 8.56. The number of unbranched alkanes of at least 4 members (excludes halogenated alkanes) is 1. The minimum absolute atomic E-state index is 0.293. The van der Waals surface area contributed by atoms with Crippen molar-refractivity contribution in [1.29, 1.82) is 0 Å². The molecule has 0 radical (unpaired) electrons. The fraction of sp³-hybridized carbons (Fsp3) is 1.00. The van der Waals surface area contributed by atoms with Crippen molar-refractivity contribution >= 4 is 11.6 Å². The van der Waals surface area contributed by atoms with Crippen molar-refractivity contribution in [2.24, 2.45) is 5.41 Å². The summed E-state index contributed by atoms with van der Waals surface area (Å²) >= 11 is 6.52. The number of alkyl halides is 1. The van der Waals surface area contributed by atoms with Gasteiger partial charge < -0.3 is 9.47 Å². The Morgan fingerprint density at radius 3 is 2.42 bits per heavy atom. The monoisotopic (exact) mass is 288 g/mol. The van der Waals surface area contributed by atoms with Crippen LogP contribution in [0.4, 0.5) is 0 Å². The van der Waals surface area contributed by atoms with E-state index in [4.69, 9.17) is 21.1 Å². The van der Waals surface area contributed by atoms with Gasteiger partial charge in [-0.3, -0.25) is 0 Å². The van der Waals surface area contributed by atoms with E-state index in [0.717, 1.165) is 32.7 Å². The number of halogens is 1. The predicted octanol–water partition coefficient (Wildman–Crippen LogP) is 4.54. The van der Waals surface area contributed by atoms with Crippen LogP contribution < -0.4 is 0 Å². The van der Waals surface area contributed by atoms with Crippen molar-refractivity contribution in [3.05, 3.63) is 0 Å². The molecule has 0 N–H and O–H groups in total. The Kier molecular flexibility index (Phi) is 6.44. The molecule has 19 heavy (non-hydrogen) atoms. The maximum absolute atomic E-state index is 6.52. The average Bonchev–Trinajstić information content (AvgIpc) is 2.69. The first kappa shape index (κ1) is 15.6. The molecule has 0 bridgehead atoms. The van der Waals surface area contributed by atoms with Crippen molar-refractivity contribution in [2.75, 3.05) is 19.8 Å². The lowest BCUT2D eigenvalue weighted by Gasteiger charge is -2.53. The normalized spacial score (nSPS) is 30.0. The third kappa shape index (κ3) is 3.86. The van der Waals surface area contributed by atoms with Crippen LogP contribution in [0.2, 0.25) is 0 Å². The highest BCUT2D eigenvalue weighted by molar-refractivity contribution is 6.21. The molecule has 0 heterocycles. The van der Waals surface area contributed by atoms with Gasteiger partial charge in [0.25, 0.3) is 0 Å². The van der Waals surface area contributed by atoms with Crippen LogP contribution in [0.3, 0.4) is 0 Å². The molecule has 112 valence electrons. The van der Waals surface area contributed by atoms with Gasteiger partial charge in [0.15, 0.2) is 0 Å². The molecule has 0 aliphatic heterocycles. The van der Waals surface area contributed by atoms with E-state index in [1.807, 2.05) is 0 Å². The second-order valence-electron chi connectivity index (χ2n) is 6.18. The molecule has 2 aliphatic rings. The van der Waals surface area contributed by atoms with Crippen molar-refractivity contribution in [2.45, 2.75) is 76.2 Å². The van der Waals surface area contributed by atoms with E-state index in [1.165, 1.54) is 44.9 Å². The van der Waals surface area contributed by atoms with Gasteiger partial charge in [-0.25, -0.2) is 0 Å². The third-order valence-corrected chi connectivity index (χ3v) is 5.52. The maximum Gasteiger partial charge on any atom is 0.0704 e. The number of rotatable bonds is 7. The van der Waals surface area contributed by atoms with Gasteiger partial charge in [-0.1, -0.05) is 39.0 Å². The second kappa shape index (κ2) is 7.85. The molecular weight excluding hydrogens is 260 g/mol. The molecule has 2 nitrogen and oxygen atoms in total. The van der Waals surface area contributed by atoms with Crippen molar-refractivity contribution in [1.82, 2.24) is 0 Å².